The topological polar surface area (TPSA) is 30.7 Å². The predicted octanol–water partition coefficient (Wildman–Crippen LogP) is 3.80. The molecule has 0 aliphatic heterocycles. The largest absolute Gasteiger partial charge is 0.333 e. The molecule has 0 N–H and O–H groups in total. The van der Waals surface area contributed by atoms with Crippen LogP contribution in [-0.4, -0.2) is 14.5 Å². The number of hydrogen-bond acceptors (Lipinski definition) is 2. The first-order valence-corrected chi connectivity index (χ1v) is 6.32. The summed E-state index contributed by atoms with van der Waals surface area (Å²) in [5.41, 5.74) is 3.94. The van der Waals surface area contributed by atoms with Crippen LogP contribution in [0.15, 0.2) is 55.1 Å². The van der Waals surface area contributed by atoms with Crippen LogP contribution in [0.1, 0.15) is 0 Å². The second kappa shape index (κ2) is 4.86. The number of hydrogen-bond donors (Lipinski definition) is 0. The first-order chi connectivity index (χ1) is 9.27. The summed E-state index contributed by atoms with van der Waals surface area (Å²) in [7, 11) is 1.98. The molecule has 19 heavy (non-hydrogen) atoms. The Labute approximate surface area is 116 Å². The van der Waals surface area contributed by atoms with Crippen LogP contribution in [0.4, 0.5) is 0 Å². The Morgan fingerprint density at radius 3 is 2.53 bits per heavy atom. The number of pyridine rings is 1. The van der Waals surface area contributed by atoms with Gasteiger partial charge in [-0.05, 0) is 18.2 Å². The summed E-state index contributed by atoms with van der Waals surface area (Å²) in [6.07, 6.45) is 5.35. The van der Waals surface area contributed by atoms with Crippen molar-refractivity contribution in [2.75, 3.05) is 0 Å². The van der Waals surface area contributed by atoms with Crippen molar-refractivity contribution in [3.63, 3.8) is 0 Å². The fourth-order valence-electron chi connectivity index (χ4n) is 2.13. The third kappa shape index (κ3) is 2.13. The van der Waals surface area contributed by atoms with Crippen molar-refractivity contribution >= 4 is 11.6 Å². The van der Waals surface area contributed by atoms with E-state index in [9.17, 15) is 0 Å². The molecule has 3 rings (SSSR count). The molecule has 0 unspecified atom stereocenters. The number of halogens is 1. The zero-order valence-electron chi connectivity index (χ0n) is 10.4. The average Bonchev–Trinajstić information content (AvgIpc) is 2.82. The van der Waals surface area contributed by atoms with Gasteiger partial charge in [-0.3, -0.25) is 4.98 Å². The fraction of sp³-hybridized carbons (Fsp3) is 0.0667. The van der Waals surface area contributed by atoms with Crippen molar-refractivity contribution in [1.82, 2.24) is 14.5 Å². The summed E-state index contributed by atoms with van der Waals surface area (Å²) < 4.78 is 1.99. The Morgan fingerprint density at radius 1 is 1.05 bits per heavy atom. The van der Waals surface area contributed by atoms with Gasteiger partial charge in [0.2, 0.25) is 0 Å². The van der Waals surface area contributed by atoms with E-state index >= 15 is 0 Å². The van der Waals surface area contributed by atoms with Crippen molar-refractivity contribution in [2.45, 2.75) is 0 Å². The summed E-state index contributed by atoms with van der Waals surface area (Å²) in [6, 6.07) is 11.7. The minimum atomic E-state index is 0.705. The quantitative estimate of drug-likeness (QED) is 0.708. The molecule has 94 valence electrons. The molecule has 0 aliphatic rings. The van der Waals surface area contributed by atoms with Crippen LogP contribution in [0.3, 0.4) is 0 Å². The molecule has 3 nitrogen and oxygen atoms in total. The lowest BCUT2D eigenvalue weighted by Crippen LogP contribution is -1.92. The normalized spacial score (nSPS) is 10.6. The van der Waals surface area contributed by atoms with Gasteiger partial charge in [-0.15, -0.1) is 0 Å². The highest BCUT2D eigenvalue weighted by Crippen LogP contribution is 2.34. The van der Waals surface area contributed by atoms with Crippen LogP contribution in [0.2, 0.25) is 5.02 Å². The highest BCUT2D eigenvalue weighted by Gasteiger charge is 2.14. The third-order valence-electron chi connectivity index (χ3n) is 3.02. The van der Waals surface area contributed by atoms with Gasteiger partial charge in [-0.1, -0.05) is 29.8 Å². The molecule has 1 aromatic carbocycles. The highest BCUT2D eigenvalue weighted by molar-refractivity contribution is 6.33. The first kappa shape index (κ1) is 11.9. The summed E-state index contributed by atoms with van der Waals surface area (Å²) in [6.45, 7) is 0. The number of rotatable bonds is 2. The van der Waals surface area contributed by atoms with E-state index in [-0.39, 0.29) is 0 Å². The van der Waals surface area contributed by atoms with Gasteiger partial charge in [0.15, 0.2) is 0 Å². The van der Waals surface area contributed by atoms with E-state index in [1.807, 2.05) is 48.0 Å². The molecule has 0 saturated heterocycles. The van der Waals surface area contributed by atoms with Gasteiger partial charge >= 0.3 is 0 Å². The molecule has 0 atom stereocenters. The van der Waals surface area contributed by atoms with Gasteiger partial charge < -0.3 is 4.57 Å². The lowest BCUT2D eigenvalue weighted by molar-refractivity contribution is 0.921. The zero-order valence-corrected chi connectivity index (χ0v) is 11.2. The summed E-state index contributed by atoms with van der Waals surface area (Å²) in [4.78, 5) is 8.53. The average molecular weight is 270 g/mol. The minimum Gasteiger partial charge on any atom is -0.333 e. The van der Waals surface area contributed by atoms with E-state index in [2.05, 4.69) is 9.97 Å². The van der Waals surface area contributed by atoms with E-state index in [0.717, 1.165) is 22.5 Å². The van der Waals surface area contributed by atoms with E-state index in [1.165, 1.54) is 0 Å². The van der Waals surface area contributed by atoms with Crippen LogP contribution < -0.4 is 0 Å². The second-order valence-corrected chi connectivity index (χ2v) is 4.68. The lowest BCUT2D eigenvalue weighted by Gasteiger charge is -2.07. The maximum absolute atomic E-state index is 6.27. The molecule has 3 aromatic rings. The van der Waals surface area contributed by atoms with Crippen molar-refractivity contribution < 1.29 is 0 Å². The number of benzene rings is 1. The molecule has 0 saturated carbocycles. The molecule has 4 heteroatoms. The Hall–Kier alpha value is -2.13. The molecule has 0 bridgehead atoms. The molecule has 0 amide bonds. The summed E-state index contributed by atoms with van der Waals surface area (Å²) >= 11 is 6.27. The summed E-state index contributed by atoms with van der Waals surface area (Å²) in [5.74, 6) is 0. The summed E-state index contributed by atoms with van der Waals surface area (Å²) in [5, 5.41) is 0.705. The number of aryl methyl sites for hydroxylation is 1. The third-order valence-corrected chi connectivity index (χ3v) is 3.35. The van der Waals surface area contributed by atoms with Crippen molar-refractivity contribution in [1.29, 1.82) is 0 Å². The van der Waals surface area contributed by atoms with Gasteiger partial charge in [-0.25, -0.2) is 4.98 Å². The molecule has 0 spiro atoms. The van der Waals surface area contributed by atoms with Gasteiger partial charge in [0.25, 0.3) is 0 Å². The van der Waals surface area contributed by atoms with Crippen molar-refractivity contribution in [2.24, 2.45) is 7.05 Å². The van der Waals surface area contributed by atoms with Gasteiger partial charge in [-0.2, -0.15) is 0 Å². The highest BCUT2D eigenvalue weighted by atomic mass is 35.5. The zero-order chi connectivity index (χ0) is 13.2. The molecular formula is C15H12ClN3. The van der Waals surface area contributed by atoms with Crippen LogP contribution in [0, 0.1) is 0 Å². The second-order valence-electron chi connectivity index (χ2n) is 4.27. The Bertz CT molecular complexity index is 704. The van der Waals surface area contributed by atoms with E-state index in [0.29, 0.717) is 5.02 Å². The molecule has 0 fully saturated rings. The SMILES string of the molecule is Cn1cnc(-c2ccccc2Cl)c1-c1ccncc1. The Morgan fingerprint density at radius 2 is 1.79 bits per heavy atom. The molecule has 2 aromatic heterocycles. The molecule has 0 radical (unpaired) electrons. The molecule has 2 heterocycles. The van der Waals surface area contributed by atoms with Gasteiger partial charge in [0.05, 0.1) is 22.7 Å². The van der Waals surface area contributed by atoms with Crippen molar-refractivity contribution in [3.05, 3.63) is 60.1 Å². The lowest BCUT2D eigenvalue weighted by atomic mass is 10.1. The van der Waals surface area contributed by atoms with E-state index < -0.39 is 0 Å². The number of aromatic nitrogens is 3. The smallest absolute Gasteiger partial charge is 0.0978 e. The molecule has 0 aliphatic carbocycles. The Kier molecular flexibility index (Phi) is 3.05. The predicted molar refractivity (Wildman–Crippen MR) is 76.9 cm³/mol. The van der Waals surface area contributed by atoms with Crippen molar-refractivity contribution in [3.8, 4) is 22.5 Å². The first-order valence-electron chi connectivity index (χ1n) is 5.94. The fourth-order valence-corrected chi connectivity index (χ4v) is 2.36. The number of nitrogens with zero attached hydrogens (tertiary/aromatic N) is 3. The monoisotopic (exact) mass is 269 g/mol. The molecular weight excluding hydrogens is 258 g/mol. The standard InChI is InChI=1S/C15H12ClN3/c1-19-10-18-14(12-4-2-3-5-13(12)16)15(19)11-6-8-17-9-7-11/h2-10H,1H3. The number of imidazole rings is 1. The van der Waals surface area contributed by atoms with Crippen LogP contribution in [0.25, 0.3) is 22.5 Å². The maximum Gasteiger partial charge on any atom is 0.0978 e. The van der Waals surface area contributed by atoms with Crippen LogP contribution >= 0.6 is 11.6 Å². The van der Waals surface area contributed by atoms with Crippen LogP contribution in [0.5, 0.6) is 0 Å². The van der Waals surface area contributed by atoms with Gasteiger partial charge in [0, 0.05) is 30.6 Å². The van der Waals surface area contributed by atoms with Crippen LogP contribution in [-0.2, 0) is 7.05 Å². The van der Waals surface area contributed by atoms with E-state index in [4.69, 9.17) is 11.6 Å². The van der Waals surface area contributed by atoms with Gasteiger partial charge in [0.1, 0.15) is 0 Å². The minimum absolute atomic E-state index is 0.705. The van der Waals surface area contributed by atoms with E-state index in [1.54, 1.807) is 18.7 Å². The Balaban J connectivity index is 2.23. The maximum atomic E-state index is 6.27.